The molecule has 0 aromatic carbocycles. The van der Waals surface area contributed by atoms with Crippen LogP contribution in [0.2, 0.25) is 0 Å². The first-order valence-electron chi connectivity index (χ1n) is 6.09. The lowest BCUT2D eigenvalue weighted by molar-refractivity contribution is 0.0234. The molecule has 0 aromatic heterocycles. The lowest BCUT2D eigenvalue weighted by Gasteiger charge is -2.28. The van der Waals surface area contributed by atoms with Crippen LogP contribution in [0.15, 0.2) is 0 Å². The predicted octanol–water partition coefficient (Wildman–Crippen LogP) is 1.61. The minimum Gasteiger partial charge on any atom is -0.444 e. The number of ether oxygens (including phenoxy) is 1. The zero-order valence-corrected chi connectivity index (χ0v) is 10.5. The van der Waals surface area contributed by atoms with Gasteiger partial charge in [0.25, 0.3) is 0 Å². The van der Waals surface area contributed by atoms with Gasteiger partial charge in [-0.05, 0) is 33.6 Å². The van der Waals surface area contributed by atoms with Gasteiger partial charge in [0, 0.05) is 31.6 Å². The topological polar surface area (TPSA) is 41.6 Å². The maximum absolute atomic E-state index is 12.0. The minimum atomic E-state index is -0.395. The van der Waals surface area contributed by atoms with Crippen molar-refractivity contribution in [1.82, 2.24) is 10.2 Å². The van der Waals surface area contributed by atoms with Crippen molar-refractivity contribution in [2.75, 3.05) is 26.2 Å². The van der Waals surface area contributed by atoms with E-state index in [1.807, 2.05) is 25.7 Å². The standard InChI is InChI=1S/C12H22N2O2/c1-11(2,3)16-10(15)14-7-6-13-8-12(9-14)4-5-12/h13H,4-9H2,1-3H3. The number of nitrogens with zero attached hydrogens (tertiary/aromatic N) is 1. The van der Waals surface area contributed by atoms with Gasteiger partial charge in [0.2, 0.25) is 0 Å². The Kier molecular flexibility index (Phi) is 2.86. The molecule has 2 rings (SSSR count). The molecule has 1 spiro atoms. The molecule has 4 nitrogen and oxygen atoms in total. The van der Waals surface area contributed by atoms with Crippen LogP contribution in [0.3, 0.4) is 0 Å². The Morgan fingerprint density at radius 1 is 1.38 bits per heavy atom. The number of amides is 1. The van der Waals surface area contributed by atoms with Crippen LogP contribution in [0.1, 0.15) is 33.6 Å². The smallest absolute Gasteiger partial charge is 0.410 e. The molecular formula is C12H22N2O2. The van der Waals surface area contributed by atoms with Crippen molar-refractivity contribution in [3.8, 4) is 0 Å². The summed E-state index contributed by atoms with van der Waals surface area (Å²) in [5.74, 6) is 0. The van der Waals surface area contributed by atoms with E-state index in [-0.39, 0.29) is 6.09 Å². The summed E-state index contributed by atoms with van der Waals surface area (Å²) in [5.41, 5.74) is -0.0407. The van der Waals surface area contributed by atoms with Crippen LogP contribution in [0.25, 0.3) is 0 Å². The van der Waals surface area contributed by atoms with E-state index in [9.17, 15) is 4.79 Å². The monoisotopic (exact) mass is 226 g/mol. The van der Waals surface area contributed by atoms with E-state index in [1.54, 1.807) is 0 Å². The Balaban J connectivity index is 1.94. The number of rotatable bonds is 0. The highest BCUT2D eigenvalue weighted by atomic mass is 16.6. The fraction of sp³-hybridized carbons (Fsp3) is 0.917. The molecule has 1 saturated carbocycles. The summed E-state index contributed by atoms with van der Waals surface area (Å²) < 4.78 is 5.41. The summed E-state index contributed by atoms with van der Waals surface area (Å²) in [6, 6.07) is 0. The molecule has 1 aliphatic heterocycles. The molecule has 0 aromatic rings. The summed E-state index contributed by atoms with van der Waals surface area (Å²) >= 11 is 0. The molecule has 16 heavy (non-hydrogen) atoms. The zero-order chi connectivity index (χ0) is 11.8. The molecule has 0 bridgehead atoms. The Hall–Kier alpha value is -0.770. The van der Waals surface area contributed by atoms with Crippen molar-refractivity contribution >= 4 is 6.09 Å². The number of hydrogen-bond acceptors (Lipinski definition) is 3. The lowest BCUT2D eigenvalue weighted by atomic mass is 10.1. The fourth-order valence-electron chi connectivity index (χ4n) is 2.10. The highest BCUT2D eigenvalue weighted by Crippen LogP contribution is 2.46. The van der Waals surface area contributed by atoms with Crippen LogP contribution < -0.4 is 5.32 Å². The number of hydrogen-bond donors (Lipinski definition) is 1. The van der Waals surface area contributed by atoms with E-state index in [4.69, 9.17) is 4.74 Å². The van der Waals surface area contributed by atoms with E-state index in [0.717, 1.165) is 26.2 Å². The average Bonchev–Trinajstić information content (AvgIpc) is 2.91. The highest BCUT2D eigenvalue weighted by molar-refractivity contribution is 5.68. The van der Waals surface area contributed by atoms with Gasteiger partial charge in [-0.1, -0.05) is 0 Å². The van der Waals surface area contributed by atoms with Gasteiger partial charge >= 0.3 is 6.09 Å². The molecule has 0 unspecified atom stereocenters. The first-order chi connectivity index (χ1) is 7.40. The summed E-state index contributed by atoms with van der Waals surface area (Å²) in [7, 11) is 0. The Bertz CT molecular complexity index is 279. The number of carbonyl (C=O) groups is 1. The predicted molar refractivity (Wildman–Crippen MR) is 62.3 cm³/mol. The van der Waals surface area contributed by atoms with Gasteiger partial charge in [0.05, 0.1) is 0 Å². The third kappa shape index (κ3) is 2.88. The Morgan fingerprint density at radius 3 is 2.62 bits per heavy atom. The molecule has 1 amide bonds. The summed E-state index contributed by atoms with van der Waals surface area (Å²) in [4.78, 5) is 13.8. The highest BCUT2D eigenvalue weighted by Gasteiger charge is 2.45. The first-order valence-corrected chi connectivity index (χ1v) is 6.09. The number of nitrogens with one attached hydrogen (secondary N) is 1. The van der Waals surface area contributed by atoms with Crippen molar-refractivity contribution in [2.24, 2.45) is 5.41 Å². The van der Waals surface area contributed by atoms with E-state index in [0.29, 0.717) is 5.41 Å². The van der Waals surface area contributed by atoms with Crippen molar-refractivity contribution in [2.45, 2.75) is 39.2 Å². The second kappa shape index (κ2) is 3.91. The lowest BCUT2D eigenvalue weighted by Crippen LogP contribution is -2.40. The van der Waals surface area contributed by atoms with Crippen LogP contribution in [0, 0.1) is 5.41 Å². The van der Waals surface area contributed by atoms with Gasteiger partial charge in [-0.15, -0.1) is 0 Å². The largest absolute Gasteiger partial charge is 0.444 e. The van der Waals surface area contributed by atoms with Crippen molar-refractivity contribution in [3.63, 3.8) is 0 Å². The Labute approximate surface area is 97.3 Å². The van der Waals surface area contributed by atoms with Gasteiger partial charge in [0.1, 0.15) is 5.60 Å². The number of carbonyl (C=O) groups excluding carboxylic acids is 1. The van der Waals surface area contributed by atoms with Gasteiger partial charge in [-0.2, -0.15) is 0 Å². The van der Waals surface area contributed by atoms with Crippen molar-refractivity contribution in [1.29, 1.82) is 0 Å². The molecule has 2 fully saturated rings. The second-order valence-electron chi connectivity index (χ2n) is 6.08. The summed E-state index contributed by atoms with van der Waals surface area (Å²) in [6.07, 6.45) is 2.31. The van der Waals surface area contributed by atoms with Crippen LogP contribution in [-0.4, -0.2) is 42.8 Å². The van der Waals surface area contributed by atoms with Gasteiger partial charge in [-0.3, -0.25) is 0 Å². The molecule has 1 saturated heterocycles. The third-order valence-corrected chi connectivity index (χ3v) is 3.19. The average molecular weight is 226 g/mol. The summed E-state index contributed by atoms with van der Waals surface area (Å²) in [5, 5.41) is 3.40. The summed E-state index contributed by atoms with van der Waals surface area (Å²) in [6.45, 7) is 9.27. The molecule has 2 aliphatic rings. The maximum Gasteiger partial charge on any atom is 0.410 e. The normalized spacial score (nSPS) is 24.1. The van der Waals surface area contributed by atoms with Crippen LogP contribution in [0.5, 0.6) is 0 Å². The van der Waals surface area contributed by atoms with E-state index in [1.165, 1.54) is 12.8 Å². The van der Waals surface area contributed by atoms with E-state index >= 15 is 0 Å². The zero-order valence-electron chi connectivity index (χ0n) is 10.5. The minimum absolute atomic E-state index is 0.164. The molecule has 4 heteroatoms. The van der Waals surface area contributed by atoms with Gasteiger partial charge < -0.3 is 15.0 Å². The molecule has 0 radical (unpaired) electrons. The molecule has 1 heterocycles. The van der Waals surface area contributed by atoms with Gasteiger partial charge in [-0.25, -0.2) is 4.79 Å². The van der Waals surface area contributed by atoms with Crippen LogP contribution in [0.4, 0.5) is 4.79 Å². The molecule has 1 N–H and O–H groups in total. The Morgan fingerprint density at radius 2 is 2.06 bits per heavy atom. The van der Waals surface area contributed by atoms with E-state index < -0.39 is 5.60 Å². The quantitative estimate of drug-likeness (QED) is 0.682. The second-order valence-corrected chi connectivity index (χ2v) is 6.08. The van der Waals surface area contributed by atoms with E-state index in [2.05, 4.69) is 5.32 Å². The van der Waals surface area contributed by atoms with Gasteiger partial charge in [0.15, 0.2) is 0 Å². The van der Waals surface area contributed by atoms with Crippen molar-refractivity contribution in [3.05, 3.63) is 0 Å². The molecule has 1 aliphatic carbocycles. The van der Waals surface area contributed by atoms with Crippen LogP contribution in [-0.2, 0) is 4.74 Å². The van der Waals surface area contributed by atoms with Crippen LogP contribution >= 0.6 is 0 Å². The van der Waals surface area contributed by atoms with Crippen molar-refractivity contribution < 1.29 is 9.53 Å². The fourth-order valence-corrected chi connectivity index (χ4v) is 2.10. The third-order valence-electron chi connectivity index (χ3n) is 3.19. The first kappa shape index (κ1) is 11.7. The maximum atomic E-state index is 12.0. The molecular weight excluding hydrogens is 204 g/mol. The molecule has 92 valence electrons. The SMILES string of the molecule is CC(C)(C)OC(=O)N1CCNCC2(CC2)C1. The molecule has 0 atom stereocenters.